The molecule has 0 aliphatic heterocycles. The average molecular weight is 369 g/mol. The van der Waals surface area contributed by atoms with E-state index in [1.165, 1.54) is 5.56 Å². The molecule has 2 aromatic carbocycles. The van der Waals surface area contributed by atoms with E-state index in [-0.39, 0.29) is 5.78 Å². The van der Waals surface area contributed by atoms with Gasteiger partial charge in [-0.3, -0.25) is 9.78 Å². The molecule has 0 aliphatic rings. The van der Waals surface area contributed by atoms with Crippen molar-refractivity contribution >= 4 is 34.1 Å². The van der Waals surface area contributed by atoms with Crippen LogP contribution in [0.3, 0.4) is 0 Å². The lowest BCUT2D eigenvalue weighted by molar-refractivity contribution is 0.104. The van der Waals surface area contributed by atoms with Crippen LogP contribution in [-0.4, -0.2) is 10.8 Å². The van der Waals surface area contributed by atoms with Crippen LogP contribution in [0.2, 0.25) is 0 Å². The van der Waals surface area contributed by atoms with Gasteiger partial charge in [-0.2, -0.15) is 0 Å². The summed E-state index contributed by atoms with van der Waals surface area (Å²) in [5, 5.41) is 3.04. The summed E-state index contributed by atoms with van der Waals surface area (Å²) in [6, 6.07) is 20.1. The lowest BCUT2D eigenvalue weighted by Crippen LogP contribution is -2.05. The largest absolute Gasteiger partial charge is 0.289 e. The van der Waals surface area contributed by atoms with Gasteiger partial charge in [-0.05, 0) is 54.6 Å². The summed E-state index contributed by atoms with van der Waals surface area (Å²) in [5.74, 6) is -0.0163. The first-order valence-electron chi connectivity index (χ1n) is 8.86. The van der Waals surface area contributed by atoms with Crippen molar-refractivity contribution in [1.82, 2.24) is 4.98 Å². The number of nitrogens with zero attached hydrogens (tertiary/aromatic N) is 1. The molecular weight excluding hydrogens is 350 g/mol. The quantitative estimate of drug-likeness (QED) is 0.304. The third kappa shape index (κ3) is 3.34. The Morgan fingerprint density at radius 1 is 0.963 bits per heavy atom. The molecule has 0 atom stereocenters. The summed E-state index contributed by atoms with van der Waals surface area (Å²) >= 11 is 1.64. The summed E-state index contributed by atoms with van der Waals surface area (Å²) in [6.45, 7) is 3.97. The molecule has 0 unspecified atom stereocenters. The van der Waals surface area contributed by atoms with E-state index in [0.717, 1.165) is 32.6 Å². The van der Waals surface area contributed by atoms with Crippen molar-refractivity contribution in [2.24, 2.45) is 0 Å². The van der Waals surface area contributed by atoms with E-state index in [0.29, 0.717) is 5.56 Å². The molecule has 3 heteroatoms. The molecule has 2 aromatic heterocycles. The molecule has 0 spiro atoms. The second-order valence-electron chi connectivity index (χ2n) is 6.50. The lowest BCUT2D eigenvalue weighted by atomic mass is 9.92. The topological polar surface area (TPSA) is 30.0 Å². The first kappa shape index (κ1) is 17.4. The van der Waals surface area contributed by atoms with Gasteiger partial charge in [-0.25, -0.2) is 0 Å². The number of thiophene rings is 1. The second-order valence-corrected chi connectivity index (χ2v) is 7.44. The maximum Gasteiger partial charge on any atom is 0.188 e. The molecule has 0 bridgehead atoms. The van der Waals surface area contributed by atoms with E-state index in [4.69, 9.17) is 4.98 Å². The predicted octanol–water partition coefficient (Wildman–Crippen LogP) is 6.48. The SMILES string of the molecule is Cc1ccsc1/C=C/C(=O)c1c(C)nc2ccccc2c1-c1ccccc1. The number of fused-ring (bicyclic) bond motifs is 1. The molecule has 27 heavy (non-hydrogen) atoms. The maximum atomic E-state index is 13.2. The van der Waals surface area contributed by atoms with Crippen LogP contribution in [0, 0.1) is 13.8 Å². The molecule has 0 fully saturated rings. The first-order valence-corrected chi connectivity index (χ1v) is 9.74. The predicted molar refractivity (Wildman–Crippen MR) is 114 cm³/mol. The highest BCUT2D eigenvalue weighted by atomic mass is 32.1. The highest BCUT2D eigenvalue weighted by Crippen LogP contribution is 2.33. The number of benzene rings is 2. The Balaban J connectivity index is 1.92. The fraction of sp³-hybridized carbons (Fsp3) is 0.0833. The van der Waals surface area contributed by atoms with Gasteiger partial charge in [0, 0.05) is 21.5 Å². The number of pyridine rings is 1. The molecule has 2 heterocycles. The molecule has 2 nitrogen and oxygen atoms in total. The highest BCUT2D eigenvalue weighted by molar-refractivity contribution is 7.11. The van der Waals surface area contributed by atoms with E-state index in [9.17, 15) is 4.79 Å². The molecular formula is C24H19NOS. The number of hydrogen-bond acceptors (Lipinski definition) is 3. The van der Waals surface area contributed by atoms with Crippen LogP contribution in [0.1, 0.15) is 26.5 Å². The first-order chi connectivity index (χ1) is 13.1. The van der Waals surface area contributed by atoms with Gasteiger partial charge in [0.2, 0.25) is 0 Å². The number of rotatable bonds is 4. The van der Waals surface area contributed by atoms with E-state index in [1.807, 2.05) is 73.0 Å². The monoisotopic (exact) mass is 369 g/mol. The van der Waals surface area contributed by atoms with Crippen molar-refractivity contribution in [2.75, 3.05) is 0 Å². The van der Waals surface area contributed by atoms with Gasteiger partial charge in [0.15, 0.2) is 5.78 Å². The van der Waals surface area contributed by atoms with Gasteiger partial charge in [0.05, 0.1) is 11.1 Å². The average Bonchev–Trinajstić information content (AvgIpc) is 3.10. The number of aromatic nitrogens is 1. The Kier molecular flexibility index (Phi) is 4.69. The Morgan fingerprint density at radius 3 is 2.44 bits per heavy atom. The van der Waals surface area contributed by atoms with Crippen LogP contribution in [0.5, 0.6) is 0 Å². The number of hydrogen-bond donors (Lipinski definition) is 0. The van der Waals surface area contributed by atoms with Crippen LogP contribution in [0.4, 0.5) is 0 Å². The third-order valence-corrected chi connectivity index (χ3v) is 5.65. The lowest BCUT2D eigenvalue weighted by Gasteiger charge is -2.14. The fourth-order valence-corrected chi connectivity index (χ4v) is 4.15. The molecule has 4 rings (SSSR count). The number of allylic oxidation sites excluding steroid dienone is 1. The van der Waals surface area contributed by atoms with Crippen LogP contribution in [0.15, 0.2) is 72.1 Å². The van der Waals surface area contributed by atoms with E-state index < -0.39 is 0 Å². The Morgan fingerprint density at radius 2 is 1.70 bits per heavy atom. The molecule has 0 saturated heterocycles. The van der Waals surface area contributed by atoms with Gasteiger partial charge in [0.1, 0.15) is 0 Å². The molecule has 0 N–H and O–H groups in total. The van der Waals surface area contributed by atoms with Crippen molar-refractivity contribution in [3.05, 3.63) is 93.8 Å². The van der Waals surface area contributed by atoms with Crippen molar-refractivity contribution < 1.29 is 4.79 Å². The minimum atomic E-state index is -0.0163. The van der Waals surface area contributed by atoms with Gasteiger partial charge >= 0.3 is 0 Å². The molecule has 4 aromatic rings. The zero-order valence-corrected chi connectivity index (χ0v) is 16.1. The zero-order chi connectivity index (χ0) is 18.8. The summed E-state index contributed by atoms with van der Waals surface area (Å²) < 4.78 is 0. The Labute approximate surface area is 162 Å². The summed E-state index contributed by atoms with van der Waals surface area (Å²) in [5.41, 5.74) is 5.50. The number of carbonyl (C=O) groups is 1. The van der Waals surface area contributed by atoms with E-state index in [2.05, 4.69) is 13.0 Å². The zero-order valence-electron chi connectivity index (χ0n) is 15.3. The van der Waals surface area contributed by atoms with Gasteiger partial charge < -0.3 is 0 Å². The van der Waals surface area contributed by atoms with Gasteiger partial charge in [-0.1, -0.05) is 48.5 Å². The van der Waals surface area contributed by atoms with Crippen molar-refractivity contribution in [3.8, 4) is 11.1 Å². The van der Waals surface area contributed by atoms with E-state index >= 15 is 0 Å². The minimum Gasteiger partial charge on any atom is -0.289 e. The number of carbonyl (C=O) groups excluding carboxylic acids is 1. The van der Waals surface area contributed by atoms with Gasteiger partial charge in [0.25, 0.3) is 0 Å². The number of para-hydroxylation sites is 1. The van der Waals surface area contributed by atoms with Crippen LogP contribution in [0.25, 0.3) is 28.1 Å². The minimum absolute atomic E-state index is 0.0163. The summed E-state index contributed by atoms with van der Waals surface area (Å²) in [4.78, 5) is 19.0. The normalized spacial score (nSPS) is 11.3. The van der Waals surface area contributed by atoms with Gasteiger partial charge in [-0.15, -0.1) is 11.3 Å². The maximum absolute atomic E-state index is 13.2. The van der Waals surface area contributed by atoms with Crippen molar-refractivity contribution in [3.63, 3.8) is 0 Å². The van der Waals surface area contributed by atoms with Crippen molar-refractivity contribution in [1.29, 1.82) is 0 Å². The van der Waals surface area contributed by atoms with Crippen molar-refractivity contribution in [2.45, 2.75) is 13.8 Å². The summed E-state index contributed by atoms with van der Waals surface area (Å²) in [6.07, 6.45) is 3.58. The number of ketones is 1. The van der Waals surface area contributed by atoms with Crippen LogP contribution < -0.4 is 0 Å². The molecule has 0 amide bonds. The molecule has 0 aliphatic carbocycles. The Bertz CT molecular complexity index is 1160. The van der Waals surface area contributed by atoms with Crippen LogP contribution in [-0.2, 0) is 0 Å². The van der Waals surface area contributed by atoms with Crippen LogP contribution >= 0.6 is 11.3 Å². The summed E-state index contributed by atoms with van der Waals surface area (Å²) in [7, 11) is 0. The highest BCUT2D eigenvalue weighted by Gasteiger charge is 2.18. The fourth-order valence-electron chi connectivity index (χ4n) is 3.33. The standard InChI is InChI=1S/C24H19NOS/c1-16-14-15-27-22(16)13-12-21(26)23-17(2)25-20-11-7-6-10-19(20)24(23)18-8-4-3-5-9-18/h3-15H,1-2H3/b13-12+. The Hall–Kier alpha value is -3.04. The smallest absolute Gasteiger partial charge is 0.188 e. The molecule has 0 saturated carbocycles. The molecule has 0 radical (unpaired) electrons. The number of aryl methyl sites for hydroxylation is 2. The third-order valence-electron chi connectivity index (χ3n) is 4.67. The van der Waals surface area contributed by atoms with E-state index in [1.54, 1.807) is 17.4 Å². The second kappa shape index (κ2) is 7.29. The molecule has 132 valence electrons.